The summed E-state index contributed by atoms with van der Waals surface area (Å²) in [5.74, 6) is -1.71. The van der Waals surface area contributed by atoms with Gasteiger partial charge in [0.25, 0.3) is 0 Å². The summed E-state index contributed by atoms with van der Waals surface area (Å²) in [5, 5.41) is 0.558. The Morgan fingerprint density at radius 3 is 2.37 bits per heavy atom. The second-order valence-corrected chi connectivity index (χ2v) is 6.28. The van der Waals surface area contributed by atoms with Crippen molar-refractivity contribution in [3.05, 3.63) is 65.7 Å². The zero-order valence-electron chi connectivity index (χ0n) is 14.5. The molecule has 0 aliphatic heterocycles. The van der Waals surface area contributed by atoms with Crippen LogP contribution in [0.1, 0.15) is 18.9 Å². The summed E-state index contributed by atoms with van der Waals surface area (Å²) in [6.07, 6.45) is -2.86. The number of ether oxygens (including phenoxy) is 1. The van der Waals surface area contributed by atoms with Crippen molar-refractivity contribution in [3.63, 3.8) is 0 Å². The van der Waals surface area contributed by atoms with Crippen LogP contribution in [0.3, 0.4) is 0 Å². The first-order chi connectivity index (χ1) is 12.8. The van der Waals surface area contributed by atoms with Crippen molar-refractivity contribution in [2.24, 2.45) is 0 Å². The number of benzene rings is 3. The Kier molecular flexibility index (Phi) is 5.35. The number of halogens is 5. The quantitative estimate of drug-likeness (QED) is 0.449. The molecule has 3 aromatic carbocycles. The first kappa shape index (κ1) is 19.1. The third kappa shape index (κ3) is 4.38. The highest BCUT2D eigenvalue weighted by atomic mass is 19.4. The fraction of sp³-hybridized carbons (Fsp3) is 0.238. The minimum atomic E-state index is -4.55. The van der Waals surface area contributed by atoms with E-state index in [4.69, 9.17) is 0 Å². The lowest BCUT2D eigenvalue weighted by Crippen LogP contribution is -2.19. The van der Waals surface area contributed by atoms with E-state index in [0.717, 1.165) is 24.5 Å². The molecule has 6 heteroatoms. The molecule has 27 heavy (non-hydrogen) atoms. The summed E-state index contributed by atoms with van der Waals surface area (Å²) in [6, 6.07) is 12.2. The van der Waals surface area contributed by atoms with E-state index >= 15 is 0 Å². The molecule has 0 radical (unpaired) electrons. The molecule has 0 atom stereocenters. The lowest BCUT2D eigenvalue weighted by atomic mass is 9.98. The Balaban J connectivity index is 1.94. The molecular formula is C21H17F5O. The molecule has 0 N–H and O–H groups in total. The third-order valence-electron chi connectivity index (χ3n) is 4.19. The fourth-order valence-corrected chi connectivity index (χ4v) is 2.95. The van der Waals surface area contributed by atoms with Gasteiger partial charge in [0, 0.05) is 10.9 Å². The van der Waals surface area contributed by atoms with E-state index in [1.807, 2.05) is 13.0 Å². The van der Waals surface area contributed by atoms with Gasteiger partial charge in [-0.15, -0.1) is 0 Å². The van der Waals surface area contributed by atoms with E-state index in [-0.39, 0.29) is 11.2 Å². The molecule has 0 saturated heterocycles. The van der Waals surface area contributed by atoms with Crippen LogP contribution in [0, 0.1) is 11.6 Å². The molecule has 0 aliphatic carbocycles. The lowest BCUT2D eigenvalue weighted by Gasteiger charge is -2.12. The number of fused-ring (bicyclic) bond motifs is 1. The van der Waals surface area contributed by atoms with Crippen LogP contribution < -0.4 is 4.74 Å². The Morgan fingerprint density at radius 1 is 0.926 bits per heavy atom. The summed E-state index contributed by atoms with van der Waals surface area (Å²) in [6.45, 7) is 0.444. The Labute approximate surface area is 153 Å². The molecule has 3 aromatic rings. The van der Waals surface area contributed by atoms with E-state index in [1.54, 1.807) is 12.1 Å². The largest absolute Gasteiger partial charge is 0.481 e. The standard InChI is InChI=1S/C21H17F5O/c1-2-3-13-4-7-16(18(22)10-13)14-5-8-17-15(11-14)6-9-19(20(17)23)27-12-21(24,25)26/h4-11H,2-3,12H2,1H3. The Bertz CT molecular complexity index is 963. The van der Waals surface area contributed by atoms with Crippen molar-refractivity contribution in [2.75, 3.05) is 6.61 Å². The number of hydrogen-bond donors (Lipinski definition) is 0. The van der Waals surface area contributed by atoms with Crippen molar-refractivity contribution in [2.45, 2.75) is 25.9 Å². The number of aryl methyl sites for hydroxylation is 1. The van der Waals surface area contributed by atoms with Gasteiger partial charge >= 0.3 is 6.18 Å². The molecule has 0 saturated carbocycles. The topological polar surface area (TPSA) is 9.23 Å². The second kappa shape index (κ2) is 7.55. The summed E-state index contributed by atoms with van der Waals surface area (Å²) < 4.78 is 70.1. The van der Waals surface area contributed by atoms with Gasteiger partial charge in [-0.1, -0.05) is 43.7 Å². The molecule has 3 rings (SSSR count). The fourth-order valence-electron chi connectivity index (χ4n) is 2.95. The summed E-state index contributed by atoms with van der Waals surface area (Å²) in [4.78, 5) is 0. The predicted molar refractivity (Wildman–Crippen MR) is 94.8 cm³/mol. The van der Waals surface area contributed by atoms with Gasteiger partial charge in [-0.2, -0.15) is 13.2 Å². The Hall–Kier alpha value is -2.63. The van der Waals surface area contributed by atoms with Crippen LogP contribution in [0.2, 0.25) is 0 Å². The van der Waals surface area contributed by atoms with Crippen molar-refractivity contribution < 1.29 is 26.7 Å². The van der Waals surface area contributed by atoms with Gasteiger partial charge in [0.1, 0.15) is 5.82 Å². The zero-order chi connectivity index (χ0) is 19.6. The van der Waals surface area contributed by atoms with Gasteiger partial charge in [0.15, 0.2) is 18.2 Å². The average molecular weight is 380 g/mol. The minimum absolute atomic E-state index is 0.112. The minimum Gasteiger partial charge on any atom is -0.481 e. The number of alkyl halides is 3. The lowest BCUT2D eigenvalue weighted by molar-refractivity contribution is -0.153. The van der Waals surface area contributed by atoms with Crippen molar-refractivity contribution >= 4 is 10.8 Å². The maximum Gasteiger partial charge on any atom is 0.422 e. The van der Waals surface area contributed by atoms with Gasteiger partial charge in [0.05, 0.1) is 0 Å². The SMILES string of the molecule is CCCc1ccc(-c2ccc3c(F)c(OCC(F)(F)F)ccc3c2)c(F)c1. The van der Waals surface area contributed by atoms with Crippen molar-refractivity contribution in [3.8, 4) is 16.9 Å². The summed E-state index contributed by atoms with van der Waals surface area (Å²) in [5.41, 5.74) is 1.85. The van der Waals surface area contributed by atoms with Gasteiger partial charge in [-0.3, -0.25) is 0 Å². The first-order valence-corrected chi connectivity index (χ1v) is 8.49. The molecule has 0 fully saturated rings. The highest BCUT2D eigenvalue weighted by molar-refractivity contribution is 5.89. The van der Waals surface area contributed by atoms with Gasteiger partial charge in [-0.05, 0) is 41.1 Å². The van der Waals surface area contributed by atoms with Crippen molar-refractivity contribution in [1.82, 2.24) is 0 Å². The molecular weight excluding hydrogens is 363 g/mol. The van der Waals surface area contributed by atoms with Gasteiger partial charge in [0.2, 0.25) is 0 Å². The maximum atomic E-state index is 14.4. The Morgan fingerprint density at radius 2 is 1.70 bits per heavy atom. The number of hydrogen-bond acceptors (Lipinski definition) is 1. The van der Waals surface area contributed by atoms with Crippen LogP contribution in [0.5, 0.6) is 5.75 Å². The molecule has 0 bridgehead atoms. The monoisotopic (exact) mass is 380 g/mol. The van der Waals surface area contributed by atoms with Crippen LogP contribution in [-0.2, 0) is 6.42 Å². The maximum absolute atomic E-state index is 14.4. The van der Waals surface area contributed by atoms with Gasteiger partial charge in [-0.25, -0.2) is 8.78 Å². The molecule has 0 amide bonds. The third-order valence-corrected chi connectivity index (χ3v) is 4.19. The molecule has 0 spiro atoms. The normalized spacial score (nSPS) is 11.8. The van der Waals surface area contributed by atoms with E-state index in [9.17, 15) is 22.0 Å². The van der Waals surface area contributed by atoms with E-state index in [0.29, 0.717) is 16.5 Å². The average Bonchev–Trinajstić information content (AvgIpc) is 2.60. The molecule has 0 aromatic heterocycles. The molecule has 1 nitrogen and oxygen atoms in total. The van der Waals surface area contributed by atoms with E-state index < -0.39 is 24.3 Å². The number of rotatable bonds is 5. The van der Waals surface area contributed by atoms with Crippen LogP contribution in [0.25, 0.3) is 21.9 Å². The van der Waals surface area contributed by atoms with Crippen molar-refractivity contribution in [1.29, 1.82) is 0 Å². The smallest absolute Gasteiger partial charge is 0.422 e. The van der Waals surface area contributed by atoms with Crippen LogP contribution in [0.15, 0.2) is 48.5 Å². The van der Waals surface area contributed by atoms with Crippen LogP contribution in [-0.4, -0.2) is 12.8 Å². The molecule has 0 heterocycles. The van der Waals surface area contributed by atoms with Crippen LogP contribution in [0.4, 0.5) is 22.0 Å². The van der Waals surface area contributed by atoms with E-state index in [2.05, 4.69) is 4.74 Å². The summed E-state index contributed by atoms with van der Waals surface area (Å²) in [7, 11) is 0. The molecule has 0 unspecified atom stereocenters. The summed E-state index contributed by atoms with van der Waals surface area (Å²) >= 11 is 0. The highest BCUT2D eigenvalue weighted by Gasteiger charge is 2.29. The first-order valence-electron chi connectivity index (χ1n) is 8.49. The second-order valence-electron chi connectivity index (χ2n) is 6.28. The predicted octanol–water partition coefficient (Wildman–Crippen LogP) is 6.68. The van der Waals surface area contributed by atoms with E-state index in [1.165, 1.54) is 24.3 Å². The zero-order valence-corrected chi connectivity index (χ0v) is 14.5. The molecule has 142 valence electrons. The van der Waals surface area contributed by atoms with Crippen LogP contribution >= 0.6 is 0 Å². The highest BCUT2D eigenvalue weighted by Crippen LogP contribution is 2.32. The van der Waals surface area contributed by atoms with Gasteiger partial charge < -0.3 is 4.74 Å². The molecule has 0 aliphatic rings.